The van der Waals surface area contributed by atoms with E-state index in [4.69, 9.17) is 11.6 Å². The molecule has 1 aromatic carbocycles. The van der Waals surface area contributed by atoms with Gasteiger partial charge in [-0.05, 0) is 31.5 Å². The molecule has 1 aliphatic heterocycles. The molecule has 0 aromatic heterocycles. The lowest BCUT2D eigenvalue weighted by Gasteiger charge is -2.24. The summed E-state index contributed by atoms with van der Waals surface area (Å²) in [5, 5.41) is 0. The number of likely N-dealkylation sites (tertiary alicyclic amines) is 1. The Bertz CT molecular complexity index is 323. The highest BCUT2D eigenvalue weighted by Gasteiger charge is 2.13. The molecular weight excluding hydrogens is 244 g/mol. The van der Waals surface area contributed by atoms with E-state index in [1.54, 1.807) is 0 Å². The lowest BCUT2D eigenvalue weighted by atomic mass is 10.2. The molecule has 0 N–H and O–H groups in total. The Morgan fingerprint density at radius 2 is 1.78 bits per heavy atom. The summed E-state index contributed by atoms with van der Waals surface area (Å²) in [7, 11) is 0. The van der Waals surface area contributed by atoms with Gasteiger partial charge >= 0.3 is 0 Å². The third kappa shape index (κ3) is 4.60. The van der Waals surface area contributed by atoms with Gasteiger partial charge in [-0.15, -0.1) is 11.6 Å². The molecule has 3 heteroatoms. The van der Waals surface area contributed by atoms with Crippen LogP contribution in [0.5, 0.6) is 0 Å². The Balaban J connectivity index is 1.79. The van der Waals surface area contributed by atoms with Crippen molar-refractivity contribution in [1.29, 1.82) is 0 Å². The number of hydrogen-bond acceptors (Lipinski definition) is 2. The summed E-state index contributed by atoms with van der Waals surface area (Å²) in [5.41, 5.74) is 1.38. The first-order valence-electron chi connectivity index (χ1n) is 6.93. The van der Waals surface area contributed by atoms with E-state index < -0.39 is 0 Å². The Kier molecular flexibility index (Phi) is 5.98. The van der Waals surface area contributed by atoms with Crippen LogP contribution in [0.1, 0.15) is 18.4 Å². The molecule has 1 saturated heterocycles. The fourth-order valence-corrected chi connectivity index (χ4v) is 2.76. The van der Waals surface area contributed by atoms with E-state index in [2.05, 4.69) is 40.1 Å². The van der Waals surface area contributed by atoms with Crippen LogP contribution >= 0.6 is 11.6 Å². The summed E-state index contributed by atoms with van der Waals surface area (Å²) in [5.74, 6) is 0.715. The second-order valence-corrected chi connectivity index (χ2v) is 5.38. The lowest BCUT2D eigenvalue weighted by Crippen LogP contribution is -2.34. The molecule has 1 heterocycles. The topological polar surface area (TPSA) is 6.48 Å². The lowest BCUT2D eigenvalue weighted by molar-refractivity contribution is 0.228. The zero-order valence-corrected chi connectivity index (χ0v) is 11.8. The Labute approximate surface area is 116 Å². The Morgan fingerprint density at radius 1 is 1.06 bits per heavy atom. The first-order chi connectivity index (χ1) is 8.88. The van der Waals surface area contributed by atoms with Crippen LogP contribution in [0.4, 0.5) is 0 Å². The van der Waals surface area contributed by atoms with Gasteiger partial charge in [0, 0.05) is 32.1 Å². The highest BCUT2D eigenvalue weighted by molar-refractivity contribution is 6.18. The third-order valence-electron chi connectivity index (χ3n) is 3.58. The zero-order valence-electron chi connectivity index (χ0n) is 11.0. The molecule has 0 amide bonds. The predicted octanol–water partition coefficient (Wildman–Crippen LogP) is 2.82. The molecule has 1 aromatic rings. The summed E-state index contributed by atoms with van der Waals surface area (Å²) < 4.78 is 0. The third-order valence-corrected chi connectivity index (χ3v) is 3.75. The average molecular weight is 267 g/mol. The van der Waals surface area contributed by atoms with Crippen LogP contribution in [-0.2, 0) is 6.54 Å². The van der Waals surface area contributed by atoms with Crippen molar-refractivity contribution < 1.29 is 0 Å². The van der Waals surface area contributed by atoms with Crippen molar-refractivity contribution >= 4 is 11.6 Å². The number of hydrogen-bond donors (Lipinski definition) is 0. The molecule has 0 atom stereocenters. The predicted molar refractivity (Wildman–Crippen MR) is 78.1 cm³/mol. The normalized spacial score (nSPS) is 16.6. The SMILES string of the molecule is ClCCN(CCN1CCCC1)Cc1ccccc1. The molecule has 2 nitrogen and oxygen atoms in total. The molecule has 0 unspecified atom stereocenters. The Hall–Kier alpha value is -0.570. The van der Waals surface area contributed by atoms with Gasteiger partial charge in [0.15, 0.2) is 0 Å². The molecule has 1 fully saturated rings. The minimum Gasteiger partial charge on any atom is -0.302 e. The monoisotopic (exact) mass is 266 g/mol. The smallest absolute Gasteiger partial charge is 0.0351 e. The van der Waals surface area contributed by atoms with Gasteiger partial charge < -0.3 is 4.90 Å². The first kappa shape index (κ1) is 13.9. The number of alkyl halides is 1. The van der Waals surface area contributed by atoms with Crippen molar-refractivity contribution in [1.82, 2.24) is 9.80 Å². The van der Waals surface area contributed by atoms with Crippen LogP contribution in [0.2, 0.25) is 0 Å². The van der Waals surface area contributed by atoms with Crippen LogP contribution in [-0.4, -0.2) is 48.4 Å². The van der Waals surface area contributed by atoms with Crippen molar-refractivity contribution in [2.24, 2.45) is 0 Å². The molecule has 100 valence electrons. The maximum absolute atomic E-state index is 5.90. The van der Waals surface area contributed by atoms with E-state index in [-0.39, 0.29) is 0 Å². The van der Waals surface area contributed by atoms with E-state index in [1.807, 2.05) is 0 Å². The fraction of sp³-hybridized carbons (Fsp3) is 0.600. The van der Waals surface area contributed by atoms with Gasteiger partial charge in [0.25, 0.3) is 0 Å². The molecule has 1 aliphatic rings. The average Bonchev–Trinajstić information content (AvgIpc) is 2.91. The quantitative estimate of drug-likeness (QED) is 0.701. The maximum atomic E-state index is 5.90. The van der Waals surface area contributed by atoms with Crippen LogP contribution in [0.25, 0.3) is 0 Å². The van der Waals surface area contributed by atoms with Gasteiger partial charge in [-0.25, -0.2) is 0 Å². The molecule has 2 rings (SSSR count). The van der Waals surface area contributed by atoms with Gasteiger partial charge in [0.05, 0.1) is 0 Å². The largest absolute Gasteiger partial charge is 0.302 e. The zero-order chi connectivity index (χ0) is 12.6. The fourth-order valence-electron chi connectivity index (χ4n) is 2.52. The van der Waals surface area contributed by atoms with E-state index in [0.29, 0.717) is 5.88 Å². The van der Waals surface area contributed by atoms with Crippen molar-refractivity contribution in [3.63, 3.8) is 0 Å². The molecule has 0 spiro atoms. The van der Waals surface area contributed by atoms with E-state index >= 15 is 0 Å². The van der Waals surface area contributed by atoms with E-state index in [9.17, 15) is 0 Å². The minimum atomic E-state index is 0.715. The molecule has 0 saturated carbocycles. The summed E-state index contributed by atoms with van der Waals surface area (Å²) in [6.45, 7) is 6.86. The molecule has 0 radical (unpaired) electrons. The molecule has 0 aliphatic carbocycles. The second kappa shape index (κ2) is 7.78. The summed E-state index contributed by atoms with van der Waals surface area (Å²) in [6.07, 6.45) is 2.74. The Morgan fingerprint density at radius 3 is 2.44 bits per heavy atom. The summed E-state index contributed by atoms with van der Waals surface area (Å²) in [6, 6.07) is 10.7. The molecule has 18 heavy (non-hydrogen) atoms. The van der Waals surface area contributed by atoms with Gasteiger partial charge in [0.2, 0.25) is 0 Å². The van der Waals surface area contributed by atoms with Gasteiger partial charge in [-0.3, -0.25) is 4.90 Å². The second-order valence-electron chi connectivity index (χ2n) is 5.00. The van der Waals surface area contributed by atoms with E-state index in [0.717, 1.165) is 19.6 Å². The number of benzene rings is 1. The van der Waals surface area contributed by atoms with Gasteiger partial charge in [-0.2, -0.15) is 0 Å². The maximum Gasteiger partial charge on any atom is 0.0351 e. The highest BCUT2D eigenvalue weighted by atomic mass is 35.5. The minimum absolute atomic E-state index is 0.715. The standard InChI is InChI=1S/C15H23ClN2/c16-8-11-18(13-12-17-9-4-5-10-17)14-15-6-2-1-3-7-15/h1-3,6-7H,4-5,8-14H2. The van der Waals surface area contributed by atoms with Gasteiger partial charge in [0.1, 0.15) is 0 Å². The van der Waals surface area contributed by atoms with Crippen LogP contribution in [0, 0.1) is 0 Å². The summed E-state index contributed by atoms with van der Waals surface area (Å²) in [4.78, 5) is 5.02. The van der Waals surface area contributed by atoms with E-state index in [1.165, 1.54) is 38.0 Å². The molecule has 0 bridgehead atoms. The van der Waals surface area contributed by atoms with Crippen molar-refractivity contribution in [3.05, 3.63) is 35.9 Å². The van der Waals surface area contributed by atoms with Crippen LogP contribution < -0.4 is 0 Å². The van der Waals surface area contributed by atoms with Gasteiger partial charge in [-0.1, -0.05) is 30.3 Å². The number of rotatable bonds is 7. The number of halogens is 1. The number of nitrogens with zero attached hydrogens (tertiary/aromatic N) is 2. The van der Waals surface area contributed by atoms with Crippen molar-refractivity contribution in [2.75, 3.05) is 38.6 Å². The first-order valence-corrected chi connectivity index (χ1v) is 7.46. The van der Waals surface area contributed by atoms with Crippen LogP contribution in [0.15, 0.2) is 30.3 Å². The summed E-state index contributed by atoms with van der Waals surface area (Å²) >= 11 is 5.90. The van der Waals surface area contributed by atoms with Crippen molar-refractivity contribution in [2.45, 2.75) is 19.4 Å². The highest BCUT2D eigenvalue weighted by Crippen LogP contribution is 2.09. The van der Waals surface area contributed by atoms with Crippen LogP contribution in [0.3, 0.4) is 0 Å². The van der Waals surface area contributed by atoms with Crippen molar-refractivity contribution in [3.8, 4) is 0 Å². The molecular formula is C15H23ClN2.